The minimum Gasteiger partial charge on any atom is -0.493 e. The zero-order valence-corrected chi connectivity index (χ0v) is 24.1. The predicted octanol–water partition coefficient (Wildman–Crippen LogP) is 9.02. The van der Waals surface area contributed by atoms with E-state index >= 15 is 0 Å². The Labute approximate surface area is 228 Å². The molecule has 0 aliphatic heterocycles. The molecule has 4 nitrogen and oxygen atoms in total. The van der Waals surface area contributed by atoms with Crippen LogP contribution in [0, 0.1) is 13.8 Å². The minimum absolute atomic E-state index is 0.0720. The molecule has 0 saturated heterocycles. The highest BCUT2D eigenvalue weighted by atomic mass is 16.5. The van der Waals surface area contributed by atoms with Gasteiger partial charge in [0.05, 0.1) is 26.4 Å². The zero-order valence-electron chi connectivity index (χ0n) is 24.1. The Morgan fingerprint density at radius 2 is 0.947 bits per heavy atom. The molecule has 3 aromatic carbocycles. The zero-order chi connectivity index (χ0) is 27.7. The summed E-state index contributed by atoms with van der Waals surface area (Å²) in [5.41, 5.74) is 6.73. The topological polar surface area (TPSA) is 36.9 Å². The lowest BCUT2D eigenvalue weighted by atomic mass is 10.0. The average Bonchev–Trinajstić information content (AvgIpc) is 2.93. The van der Waals surface area contributed by atoms with Gasteiger partial charge in [0.1, 0.15) is 5.75 Å². The third-order valence-electron chi connectivity index (χ3n) is 6.63. The molecule has 0 fully saturated rings. The summed E-state index contributed by atoms with van der Waals surface area (Å²) in [4.78, 5) is 0. The monoisotopic (exact) mass is 514 g/mol. The van der Waals surface area contributed by atoms with Gasteiger partial charge in [0.25, 0.3) is 0 Å². The van der Waals surface area contributed by atoms with Crippen LogP contribution in [0.4, 0.5) is 0 Å². The standard InChI is InChI=1S/C34H42O4/c1-9-25(5)37-33-23(3)19-29(20-24(33)4)17-15-27-11-13-28(14-12-27)16-18-30-21-31(35-7)34(32(22-30)36-8)38-26(6)10-2/h11-22,25-26H,9-10H2,1-8H3. The largest absolute Gasteiger partial charge is 0.493 e. The van der Waals surface area contributed by atoms with E-state index in [1.54, 1.807) is 14.2 Å². The summed E-state index contributed by atoms with van der Waals surface area (Å²) in [6, 6.07) is 16.8. The van der Waals surface area contributed by atoms with Crippen LogP contribution in [0.3, 0.4) is 0 Å². The second kappa shape index (κ2) is 13.8. The quantitative estimate of drug-likeness (QED) is 0.226. The Balaban J connectivity index is 1.73. The second-order valence-corrected chi connectivity index (χ2v) is 9.75. The van der Waals surface area contributed by atoms with Gasteiger partial charge in [-0.15, -0.1) is 0 Å². The van der Waals surface area contributed by atoms with Crippen LogP contribution in [-0.2, 0) is 0 Å². The fourth-order valence-corrected chi connectivity index (χ4v) is 4.05. The van der Waals surface area contributed by atoms with E-state index < -0.39 is 0 Å². The molecule has 38 heavy (non-hydrogen) atoms. The average molecular weight is 515 g/mol. The van der Waals surface area contributed by atoms with E-state index in [1.165, 1.54) is 5.56 Å². The van der Waals surface area contributed by atoms with Crippen LogP contribution in [0.15, 0.2) is 48.5 Å². The molecule has 2 atom stereocenters. The van der Waals surface area contributed by atoms with Crippen LogP contribution in [0.25, 0.3) is 24.3 Å². The van der Waals surface area contributed by atoms with Crippen molar-refractivity contribution in [2.45, 2.75) is 66.6 Å². The maximum Gasteiger partial charge on any atom is 0.203 e. The van der Waals surface area contributed by atoms with Gasteiger partial charge in [-0.05, 0) is 98.2 Å². The van der Waals surface area contributed by atoms with Crippen molar-refractivity contribution < 1.29 is 18.9 Å². The van der Waals surface area contributed by atoms with E-state index in [9.17, 15) is 0 Å². The molecule has 202 valence electrons. The van der Waals surface area contributed by atoms with Gasteiger partial charge in [-0.2, -0.15) is 0 Å². The molecule has 0 N–H and O–H groups in total. The van der Waals surface area contributed by atoms with Gasteiger partial charge in [-0.25, -0.2) is 0 Å². The number of methoxy groups -OCH3 is 2. The smallest absolute Gasteiger partial charge is 0.203 e. The lowest BCUT2D eigenvalue weighted by Gasteiger charge is -2.18. The molecule has 0 amide bonds. The summed E-state index contributed by atoms with van der Waals surface area (Å²) in [5.74, 6) is 2.96. The first-order chi connectivity index (χ1) is 18.3. The lowest BCUT2D eigenvalue weighted by Crippen LogP contribution is -2.11. The molecule has 0 aliphatic rings. The minimum atomic E-state index is 0.0720. The number of hydrogen-bond donors (Lipinski definition) is 0. The Kier molecular flexibility index (Phi) is 10.5. The number of aryl methyl sites for hydroxylation is 2. The van der Waals surface area contributed by atoms with E-state index in [1.807, 2.05) is 19.1 Å². The summed E-state index contributed by atoms with van der Waals surface area (Å²) < 4.78 is 23.3. The van der Waals surface area contributed by atoms with Crippen molar-refractivity contribution in [1.29, 1.82) is 0 Å². The molecule has 3 aromatic rings. The first-order valence-corrected chi connectivity index (χ1v) is 13.4. The van der Waals surface area contributed by atoms with Crippen LogP contribution in [-0.4, -0.2) is 26.4 Å². The molecule has 3 rings (SSSR count). The van der Waals surface area contributed by atoms with Crippen LogP contribution in [0.1, 0.15) is 73.9 Å². The fourth-order valence-electron chi connectivity index (χ4n) is 4.05. The highest BCUT2D eigenvalue weighted by molar-refractivity contribution is 5.75. The van der Waals surface area contributed by atoms with Crippen molar-refractivity contribution in [1.82, 2.24) is 0 Å². The van der Waals surface area contributed by atoms with Gasteiger partial charge in [0, 0.05) is 0 Å². The molecule has 4 heteroatoms. The number of benzene rings is 3. The van der Waals surface area contributed by atoms with Gasteiger partial charge in [0.15, 0.2) is 11.5 Å². The van der Waals surface area contributed by atoms with Gasteiger partial charge in [-0.3, -0.25) is 0 Å². The Morgan fingerprint density at radius 3 is 1.34 bits per heavy atom. The van der Waals surface area contributed by atoms with Crippen molar-refractivity contribution in [2.75, 3.05) is 14.2 Å². The summed E-state index contributed by atoms with van der Waals surface area (Å²) >= 11 is 0. The summed E-state index contributed by atoms with van der Waals surface area (Å²) in [7, 11) is 3.30. The van der Waals surface area contributed by atoms with Gasteiger partial charge in [-0.1, -0.05) is 62.4 Å². The van der Waals surface area contributed by atoms with Crippen LogP contribution in [0.5, 0.6) is 23.0 Å². The molecule has 0 bridgehead atoms. The van der Waals surface area contributed by atoms with Crippen molar-refractivity contribution in [3.63, 3.8) is 0 Å². The van der Waals surface area contributed by atoms with Gasteiger partial charge in [0.2, 0.25) is 5.75 Å². The van der Waals surface area contributed by atoms with Crippen LogP contribution < -0.4 is 18.9 Å². The Morgan fingerprint density at radius 1 is 0.579 bits per heavy atom. The number of hydrogen-bond acceptors (Lipinski definition) is 4. The third kappa shape index (κ3) is 7.67. The molecular weight excluding hydrogens is 472 g/mol. The summed E-state index contributed by atoms with van der Waals surface area (Å²) in [6.07, 6.45) is 10.6. The Bertz CT molecular complexity index is 1210. The molecule has 2 unspecified atom stereocenters. The molecule has 0 aromatic heterocycles. The van der Waals surface area contributed by atoms with Gasteiger partial charge < -0.3 is 18.9 Å². The maximum absolute atomic E-state index is 6.11. The molecular formula is C34H42O4. The van der Waals surface area contributed by atoms with Crippen molar-refractivity contribution in [3.8, 4) is 23.0 Å². The first kappa shape index (κ1) is 28.9. The summed E-state index contributed by atoms with van der Waals surface area (Å²) in [5, 5.41) is 0. The fraction of sp³-hybridized carbons (Fsp3) is 0.353. The van der Waals surface area contributed by atoms with Crippen LogP contribution >= 0.6 is 0 Å². The predicted molar refractivity (Wildman–Crippen MR) is 161 cm³/mol. The normalized spacial score (nSPS) is 13.1. The third-order valence-corrected chi connectivity index (χ3v) is 6.63. The SMILES string of the molecule is CCC(C)Oc1c(C)cc(C=Cc2ccc(C=Cc3cc(OC)c(OC(C)CC)c(OC)c3)cc2)cc1C. The van der Waals surface area contributed by atoms with E-state index in [0.717, 1.165) is 46.4 Å². The summed E-state index contributed by atoms with van der Waals surface area (Å²) in [6.45, 7) is 12.6. The number of ether oxygens (including phenoxy) is 4. The van der Waals surface area contributed by atoms with E-state index in [2.05, 4.69) is 95.3 Å². The van der Waals surface area contributed by atoms with E-state index in [-0.39, 0.29) is 12.2 Å². The molecule has 0 aliphatic carbocycles. The first-order valence-electron chi connectivity index (χ1n) is 13.4. The molecule has 0 spiro atoms. The molecule has 0 heterocycles. The van der Waals surface area contributed by atoms with E-state index in [0.29, 0.717) is 17.2 Å². The highest BCUT2D eigenvalue weighted by Crippen LogP contribution is 2.40. The number of rotatable bonds is 12. The molecule has 0 radical (unpaired) electrons. The van der Waals surface area contributed by atoms with Crippen molar-refractivity contribution in [2.24, 2.45) is 0 Å². The van der Waals surface area contributed by atoms with Crippen LogP contribution in [0.2, 0.25) is 0 Å². The molecule has 0 saturated carbocycles. The highest BCUT2D eigenvalue weighted by Gasteiger charge is 2.16. The van der Waals surface area contributed by atoms with Crippen molar-refractivity contribution in [3.05, 3.63) is 81.9 Å². The van der Waals surface area contributed by atoms with E-state index in [4.69, 9.17) is 18.9 Å². The Hall–Kier alpha value is -3.66. The maximum atomic E-state index is 6.11. The second-order valence-electron chi connectivity index (χ2n) is 9.75. The van der Waals surface area contributed by atoms with Gasteiger partial charge >= 0.3 is 0 Å². The van der Waals surface area contributed by atoms with Crippen molar-refractivity contribution >= 4 is 24.3 Å². The lowest BCUT2D eigenvalue weighted by molar-refractivity contribution is 0.198.